The summed E-state index contributed by atoms with van der Waals surface area (Å²) in [6.07, 6.45) is 1.60. The van der Waals surface area contributed by atoms with Crippen molar-refractivity contribution in [2.75, 3.05) is 62.4 Å². The zero-order valence-corrected chi connectivity index (χ0v) is 24.0. The minimum absolute atomic E-state index is 0.0671. The smallest absolute Gasteiger partial charge is 0.258 e. The highest BCUT2D eigenvalue weighted by Gasteiger charge is 2.23. The number of hydrogen-bond donors (Lipinski definition) is 4. The molecule has 0 spiro atoms. The quantitative estimate of drug-likeness (QED) is 0.241. The van der Waals surface area contributed by atoms with Crippen molar-refractivity contribution < 1.29 is 22.5 Å². The third-order valence-corrected chi connectivity index (χ3v) is 8.58. The Morgan fingerprint density at radius 1 is 1.05 bits per heavy atom. The number of aromatic nitrogens is 1. The molecule has 2 aliphatic heterocycles. The summed E-state index contributed by atoms with van der Waals surface area (Å²) in [6.45, 7) is 4.88. The van der Waals surface area contributed by atoms with Gasteiger partial charge in [-0.3, -0.25) is 10.2 Å². The van der Waals surface area contributed by atoms with Crippen LogP contribution in [0, 0.1) is 17.0 Å². The number of ether oxygens (including phenoxy) is 1. The van der Waals surface area contributed by atoms with Crippen LogP contribution in [0.1, 0.15) is 28.9 Å². The Balaban J connectivity index is 1.38. The number of benzene rings is 2. The van der Waals surface area contributed by atoms with E-state index in [1.807, 2.05) is 12.1 Å². The molecule has 0 bridgehead atoms. The number of nitrogen functional groups attached to an aromatic ring is 1. The summed E-state index contributed by atoms with van der Waals surface area (Å²) >= 11 is 0. The number of nitrogens with two attached hydrogens (primary N) is 1. The van der Waals surface area contributed by atoms with Gasteiger partial charge in [0.1, 0.15) is 33.2 Å². The van der Waals surface area contributed by atoms with E-state index in [4.69, 9.17) is 15.9 Å². The normalized spacial score (nSPS) is 17.1. The lowest BCUT2D eigenvalue weighted by atomic mass is 10.1. The maximum Gasteiger partial charge on any atom is 0.258 e. The molecule has 2 saturated heterocycles. The number of piperazine rings is 1. The fraction of sp³-hybridized carbons (Fsp3) is 0.345. The second-order valence-electron chi connectivity index (χ2n) is 10.3. The van der Waals surface area contributed by atoms with Crippen LogP contribution in [0.5, 0.6) is 0 Å². The second kappa shape index (κ2) is 12.9. The van der Waals surface area contributed by atoms with Gasteiger partial charge in [-0.05, 0) is 62.4 Å². The SMILES string of the molecule is CN1CCN(c2ccc(C(=O)NC(=N)c3nc(S(=O)c4cc(F)cc(F)c4)ccc3N)c(NC3CCOCC3)c2)CC1. The van der Waals surface area contributed by atoms with Crippen molar-refractivity contribution in [3.05, 3.63) is 71.4 Å². The van der Waals surface area contributed by atoms with Crippen LogP contribution in [-0.2, 0) is 15.5 Å². The van der Waals surface area contributed by atoms with Crippen LogP contribution in [0.2, 0.25) is 0 Å². The molecule has 3 heterocycles. The number of amidine groups is 1. The molecule has 42 heavy (non-hydrogen) atoms. The van der Waals surface area contributed by atoms with E-state index in [2.05, 4.69) is 32.5 Å². The summed E-state index contributed by atoms with van der Waals surface area (Å²) in [5, 5.41) is 14.6. The molecule has 13 heteroatoms. The van der Waals surface area contributed by atoms with Gasteiger partial charge in [-0.25, -0.2) is 18.0 Å². The molecule has 0 saturated carbocycles. The molecule has 3 aromatic rings. The van der Waals surface area contributed by atoms with Crippen LogP contribution in [0.15, 0.2) is 58.5 Å². The Kier molecular flexibility index (Phi) is 9.09. The molecule has 2 fully saturated rings. The Labute approximate surface area is 245 Å². The molecular weight excluding hydrogens is 564 g/mol. The number of amides is 1. The molecule has 0 aliphatic carbocycles. The van der Waals surface area contributed by atoms with Gasteiger partial charge < -0.3 is 30.9 Å². The second-order valence-corrected chi connectivity index (χ2v) is 11.8. The Hall–Kier alpha value is -3.94. The molecular formula is C29H33F2N7O3S. The molecule has 1 unspecified atom stereocenters. The number of likely N-dealkylation sites (N-methyl/N-ethyl adjacent to an activating group) is 1. The first kappa shape index (κ1) is 29.5. The van der Waals surface area contributed by atoms with E-state index in [0.717, 1.165) is 56.8 Å². The van der Waals surface area contributed by atoms with Crippen molar-refractivity contribution in [3.63, 3.8) is 0 Å². The fourth-order valence-corrected chi connectivity index (χ4v) is 5.97. The third-order valence-electron chi connectivity index (χ3n) is 7.31. The highest BCUT2D eigenvalue weighted by Crippen LogP contribution is 2.27. The molecule has 5 rings (SSSR count). The summed E-state index contributed by atoms with van der Waals surface area (Å²) in [7, 11) is 0.0406. The molecule has 2 aliphatic rings. The number of carbonyl (C=O) groups excluding carboxylic acids is 1. The summed E-state index contributed by atoms with van der Waals surface area (Å²) in [5.74, 6) is -2.70. The molecule has 0 radical (unpaired) electrons. The van der Waals surface area contributed by atoms with Gasteiger partial charge in [-0.15, -0.1) is 0 Å². The number of rotatable bonds is 7. The first-order valence-corrected chi connectivity index (χ1v) is 14.8. The summed E-state index contributed by atoms with van der Waals surface area (Å²) in [4.78, 5) is 22.1. The van der Waals surface area contributed by atoms with Gasteiger partial charge in [0.25, 0.3) is 5.91 Å². The van der Waals surface area contributed by atoms with Crippen molar-refractivity contribution in [2.24, 2.45) is 0 Å². The summed E-state index contributed by atoms with van der Waals surface area (Å²) < 4.78 is 45.9. The van der Waals surface area contributed by atoms with E-state index in [-0.39, 0.29) is 27.3 Å². The minimum atomic E-state index is -2.05. The van der Waals surface area contributed by atoms with Crippen LogP contribution >= 0.6 is 0 Å². The van der Waals surface area contributed by atoms with E-state index in [1.165, 1.54) is 12.1 Å². The third kappa shape index (κ3) is 6.92. The Morgan fingerprint density at radius 3 is 2.43 bits per heavy atom. The molecule has 2 aromatic carbocycles. The van der Waals surface area contributed by atoms with Gasteiger partial charge in [0.15, 0.2) is 5.84 Å². The topological polar surface area (TPSA) is 137 Å². The Bertz CT molecular complexity index is 1490. The van der Waals surface area contributed by atoms with Crippen molar-refractivity contribution in [3.8, 4) is 0 Å². The van der Waals surface area contributed by atoms with Gasteiger partial charge in [-0.2, -0.15) is 0 Å². The number of pyridine rings is 1. The number of nitrogens with one attached hydrogen (secondary N) is 3. The van der Waals surface area contributed by atoms with E-state index in [9.17, 15) is 17.8 Å². The Morgan fingerprint density at radius 2 is 1.74 bits per heavy atom. The van der Waals surface area contributed by atoms with Gasteiger partial charge in [0, 0.05) is 62.9 Å². The predicted octanol–water partition coefficient (Wildman–Crippen LogP) is 3.21. The van der Waals surface area contributed by atoms with Gasteiger partial charge in [0.2, 0.25) is 0 Å². The van der Waals surface area contributed by atoms with Crippen LogP contribution in [0.3, 0.4) is 0 Å². The van der Waals surface area contributed by atoms with Crippen molar-refractivity contribution in [1.29, 1.82) is 5.41 Å². The van der Waals surface area contributed by atoms with E-state index in [1.54, 1.807) is 6.07 Å². The number of halogens is 2. The average Bonchev–Trinajstić information content (AvgIpc) is 2.97. The molecule has 1 aromatic heterocycles. The molecule has 10 nitrogen and oxygen atoms in total. The van der Waals surface area contributed by atoms with E-state index < -0.39 is 34.2 Å². The number of carbonyl (C=O) groups is 1. The van der Waals surface area contributed by atoms with E-state index >= 15 is 0 Å². The van der Waals surface area contributed by atoms with Crippen molar-refractivity contribution in [2.45, 2.75) is 28.8 Å². The lowest BCUT2D eigenvalue weighted by Crippen LogP contribution is -2.44. The van der Waals surface area contributed by atoms with Gasteiger partial charge >= 0.3 is 0 Å². The zero-order valence-electron chi connectivity index (χ0n) is 23.2. The van der Waals surface area contributed by atoms with Gasteiger partial charge in [-0.1, -0.05) is 0 Å². The molecule has 222 valence electrons. The monoisotopic (exact) mass is 597 g/mol. The summed E-state index contributed by atoms with van der Waals surface area (Å²) in [5.41, 5.74) is 8.00. The largest absolute Gasteiger partial charge is 0.397 e. The summed E-state index contributed by atoms with van der Waals surface area (Å²) in [6, 6.07) is 11.0. The highest BCUT2D eigenvalue weighted by molar-refractivity contribution is 7.85. The lowest BCUT2D eigenvalue weighted by Gasteiger charge is -2.34. The van der Waals surface area contributed by atoms with Crippen LogP contribution in [0.4, 0.5) is 25.8 Å². The van der Waals surface area contributed by atoms with Crippen molar-refractivity contribution in [1.82, 2.24) is 15.2 Å². The molecule has 1 atom stereocenters. The zero-order chi connectivity index (χ0) is 29.8. The molecule has 5 N–H and O–H groups in total. The number of anilines is 3. The minimum Gasteiger partial charge on any atom is -0.397 e. The fourth-order valence-electron chi connectivity index (χ4n) is 4.92. The van der Waals surface area contributed by atoms with Crippen molar-refractivity contribution >= 4 is 39.6 Å². The average molecular weight is 598 g/mol. The number of nitrogens with zero attached hydrogens (tertiary/aromatic N) is 3. The molecule has 1 amide bonds. The lowest BCUT2D eigenvalue weighted by molar-refractivity contribution is 0.0904. The first-order chi connectivity index (χ1) is 20.2. The van der Waals surface area contributed by atoms with E-state index in [0.29, 0.717) is 30.5 Å². The first-order valence-electron chi connectivity index (χ1n) is 13.6. The maximum atomic E-state index is 13.7. The van der Waals surface area contributed by atoms with Crippen LogP contribution in [-0.4, -0.2) is 78.3 Å². The highest BCUT2D eigenvalue weighted by atomic mass is 32.2. The standard InChI is InChI=1S/C29H33F2N7O3S/c1-37-8-10-38(11-9-37)21-2-3-23(25(17-21)34-20-6-12-41-13-7-20)29(39)36-28(33)27-24(32)4-5-26(35-27)42(40)22-15-18(30)14-19(31)16-22/h2-5,14-17,20,34H,6-13,32H2,1H3,(H2,33,36,39). The van der Waals surface area contributed by atoms with Crippen LogP contribution in [0.25, 0.3) is 0 Å². The van der Waals surface area contributed by atoms with Gasteiger partial charge in [0.05, 0.1) is 16.1 Å². The maximum absolute atomic E-state index is 13.7. The van der Waals surface area contributed by atoms with Crippen LogP contribution < -0.4 is 21.3 Å². The number of hydrogen-bond acceptors (Lipinski definition) is 9. The predicted molar refractivity (Wildman–Crippen MR) is 158 cm³/mol.